The van der Waals surface area contributed by atoms with Gasteiger partial charge in [0.2, 0.25) is 12.3 Å². The second-order valence-electron chi connectivity index (χ2n) is 4.52. The van der Waals surface area contributed by atoms with Gasteiger partial charge >= 0.3 is 0 Å². The Morgan fingerprint density at radius 3 is 2.18 bits per heavy atom. The van der Waals surface area contributed by atoms with E-state index in [9.17, 15) is 4.79 Å². The predicted octanol–water partition coefficient (Wildman–Crippen LogP) is 2.65. The van der Waals surface area contributed by atoms with E-state index in [0.717, 1.165) is 5.75 Å². The first-order valence-electron chi connectivity index (χ1n) is 6.57. The highest BCUT2D eigenvalue weighted by Gasteiger charge is 2.18. The van der Waals surface area contributed by atoms with Crippen LogP contribution in [0.3, 0.4) is 0 Å². The van der Waals surface area contributed by atoms with Gasteiger partial charge in [-0.15, -0.1) is 0 Å². The number of nitrogens with zero attached hydrogens (tertiary/aromatic N) is 1. The van der Waals surface area contributed by atoms with E-state index in [4.69, 9.17) is 14.2 Å². The number of methoxy groups -OCH3 is 3. The number of carbonyl (C=O) groups excluding carboxylic acids is 1. The molecular formula is C16H17BrNO4+. The number of hydrogen-bond donors (Lipinski definition) is 0. The summed E-state index contributed by atoms with van der Waals surface area (Å²) in [6.07, 6.45) is 3.59. The maximum atomic E-state index is 12.5. The molecule has 0 aliphatic carbocycles. The average Bonchev–Trinajstić information content (AvgIpc) is 2.55. The highest BCUT2D eigenvalue weighted by molar-refractivity contribution is 9.10. The zero-order valence-electron chi connectivity index (χ0n) is 12.6. The minimum Gasteiger partial charge on any atom is -0.496 e. The van der Waals surface area contributed by atoms with Gasteiger partial charge in [-0.2, -0.15) is 4.57 Å². The summed E-state index contributed by atoms with van der Waals surface area (Å²) in [6.45, 7) is 0.220. The van der Waals surface area contributed by atoms with Crippen molar-refractivity contribution in [3.63, 3.8) is 0 Å². The Kier molecular flexibility index (Phi) is 5.38. The molecule has 5 nitrogen and oxygen atoms in total. The summed E-state index contributed by atoms with van der Waals surface area (Å²) in [7, 11) is 4.70. The summed E-state index contributed by atoms with van der Waals surface area (Å²) in [6, 6.07) is 7.01. The molecule has 116 valence electrons. The molecule has 0 unspecified atom stereocenters. The van der Waals surface area contributed by atoms with Crippen molar-refractivity contribution >= 4 is 21.7 Å². The van der Waals surface area contributed by atoms with Gasteiger partial charge in [0.25, 0.3) is 0 Å². The number of ether oxygens (including phenoxy) is 3. The quantitative estimate of drug-likeness (QED) is 0.582. The zero-order chi connectivity index (χ0) is 16.1. The van der Waals surface area contributed by atoms with Gasteiger partial charge in [-0.1, -0.05) is 0 Å². The molecule has 2 rings (SSSR count). The van der Waals surface area contributed by atoms with Crippen LogP contribution < -0.4 is 18.8 Å². The van der Waals surface area contributed by atoms with E-state index < -0.39 is 0 Å². The molecule has 0 saturated carbocycles. The topological polar surface area (TPSA) is 48.6 Å². The van der Waals surface area contributed by atoms with E-state index in [2.05, 4.69) is 15.9 Å². The first-order valence-corrected chi connectivity index (χ1v) is 7.36. The SMILES string of the molecule is COc1cc[n+](CC(=O)c2cc(OC)c(OC)cc2Br)cc1. The first-order chi connectivity index (χ1) is 10.6. The Morgan fingerprint density at radius 1 is 1.05 bits per heavy atom. The van der Waals surface area contributed by atoms with Crippen molar-refractivity contribution in [2.75, 3.05) is 21.3 Å². The zero-order valence-corrected chi connectivity index (χ0v) is 14.2. The molecule has 0 amide bonds. The summed E-state index contributed by atoms with van der Waals surface area (Å²) >= 11 is 3.40. The fraction of sp³-hybridized carbons (Fsp3) is 0.250. The minimum absolute atomic E-state index is 0.0389. The highest BCUT2D eigenvalue weighted by Crippen LogP contribution is 2.33. The van der Waals surface area contributed by atoms with Crippen LogP contribution in [-0.4, -0.2) is 27.1 Å². The number of rotatable bonds is 6. The average molecular weight is 367 g/mol. The summed E-state index contributed by atoms with van der Waals surface area (Å²) < 4.78 is 18.0. The second-order valence-corrected chi connectivity index (χ2v) is 5.37. The van der Waals surface area contributed by atoms with Crippen LogP contribution >= 0.6 is 15.9 Å². The van der Waals surface area contributed by atoms with Gasteiger partial charge in [0.15, 0.2) is 23.9 Å². The van der Waals surface area contributed by atoms with Crippen LogP contribution in [0.15, 0.2) is 41.1 Å². The van der Waals surface area contributed by atoms with E-state index in [1.54, 1.807) is 55.4 Å². The molecule has 0 aliphatic heterocycles. The van der Waals surface area contributed by atoms with Gasteiger partial charge < -0.3 is 14.2 Å². The lowest BCUT2D eigenvalue weighted by Crippen LogP contribution is -2.37. The number of halogens is 1. The molecule has 6 heteroatoms. The van der Waals surface area contributed by atoms with Crippen molar-refractivity contribution in [3.05, 3.63) is 46.7 Å². The maximum absolute atomic E-state index is 12.5. The Morgan fingerprint density at radius 2 is 1.64 bits per heavy atom. The number of carbonyl (C=O) groups is 1. The number of Topliss-reactive ketones (excluding diaryl/α,β-unsaturated/α-hetero) is 1. The summed E-state index contributed by atoms with van der Waals surface area (Å²) in [4.78, 5) is 12.5. The normalized spacial score (nSPS) is 10.2. The Balaban J connectivity index is 2.24. The lowest BCUT2D eigenvalue weighted by Gasteiger charge is -2.10. The molecule has 0 aliphatic rings. The van der Waals surface area contributed by atoms with Crippen LogP contribution in [0, 0.1) is 0 Å². The van der Waals surface area contributed by atoms with E-state index in [-0.39, 0.29) is 12.3 Å². The van der Waals surface area contributed by atoms with Gasteiger partial charge in [0.1, 0.15) is 5.75 Å². The van der Waals surface area contributed by atoms with Gasteiger partial charge in [0, 0.05) is 22.2 Å². The minimum atomic E-state index is -0.0389. The fourth-order valence-corrected chi connectivity index (χ4v) is 2.55. The summed E-state index contributed by atoms with van der Waals surface area (Å²) in [5.41, 5.74) is 0.543. The third-order valence-electron chi connectivity index (χ3n) is 3.20. The highest BCUT2D eigenvalue weighted by atomic mass is 79.9. The van der Waals surface area contributed by atoms with Crippen molar-refractivity contribution in [2.45, 2.75) is 6.54 Å². The van der Waals surface area contributed by atoms with Gasteiger partial charge in [-0.3, -0.25) is 4.79 Å². The maximum Gasteiger partial charge on any atom is 0.228 e. The summed E-state index contributed by atoms with van der Waals surface area (Å²) in [5.74, 6) is 1.80. The van der Waals surface area contributed by atoms with Crippen molar-refractivity contribution < 1.29 is 23.6 Å². The molecule has 0 N–H and O–H groups in total. The monoisotopic (exact) mass is 366 g/mol. The number of hydrogen-bond acceptors (Lipinski definition) is 4. The molecular weight excluding hydrogens is 350 g/mol. The Bertz CT molecular complexity index is 671. The van der Waals surface area contributed by atoms with Crippen molar-refractivity contribution in [3.8, 4) is 17.2 Å². The predicted molar refractivity (Wildman–Crippen MR) is 84.8 cm³/mol. The first kappa shape index (κ1) is 16.3. The molecule has 0 spiro atoms. The smallest absolute Gasteiger partial charge is 0.228 e. The van der Waals surface area contributed by atoms with E-state index >= 15 is 0 Å². The molecule has 0 fully saturated rings. The molecule has 22 heavy (non-hydrogen) atoms. The largest absolute Gasteiger partial charge is 0.496 e. The van der Waals surface area contributed by atoms with Crippen molar-refractivity contribution in [1.29, 1.82) is 0 Å². The van der Waals surface area contributed by atoms with E-state index in [0.29, 0.717) is 21.5 Å². The Labute approximate surface area is 137 Å². The van der Waals surface area contributed by atoms with E-state index in [1.807, 2.05) is 0 Å². The summed E-state index contributed by atoms with van der Waals surface area (Å²) in [5, 5.41) is 0. The van der Waals surface area contributed by atoms with Crippen LogP contribution in [-0.2, 0) is 6.54 Å². The molecule has 0 bridgehead atoms. The second kappa shape index (κ2) is 7.26. The van der Waals surface area contributed by atoms with Crippen LogP contribution in [0.1, 0.15) is 10.4 Å². The fourth-order valence-electron chi connectivity index (χ4n) is 2.00. The van der Waals surface area contributed by atoms with Crippen molar-refractivity contribution in [2.24, 2.45) is 0 Å². The van der Waals surface area contributed by atoms with Crippen LogP contribution in [0.2, 0.25) is 0 Å². The molecule has 1 aromatic heterocycles. The van der Waals surface area contributed by atoms with E-state index in [1.165, 1.54) is 7.11 Å². The van der Waals surface area contributed by atoms with Crippen LogP contribution in [0.4, 0.5) is 0 Å². The molecule has 1 heterocycles. The standard InChI is InChI=1S/C16H17BrNO4/c1-20-11-4-6-18(7-5-11)10-14(19)12-8-15(21-2)16(22-3)9-13(12)17/h4-9H,10H2,1-3H3/q+1. The van der Waals surface area contributed by atoms with Gasteiger partial charge in [-0.05, 0) is 28.1 Å². The lowest BCUT2D eigenvalue weighted by molar-refractivity contribution is -0.683. The molecule has 0 radical (unpaired) electrons. The lowest BCUT2D eigenvalue weighted by atomic mass is 10.1. The van der Waals surface area contributed by atoms with Gasteiger partial charge in [0.05, 0.1) is 21.3 Å². The van der Waals surface area contributed by atoms with Crippen LogP contribution in [0.5, 0.6) is 17.2 Å². The number of benzene rings is 1. The molecule has 1 aromatic carbocycles. The Hall–Kier alpha value is -2.08. The number of aromatic nitrogens is 1. The van der Waals surface area contributed by atoms with Gasteiger partial charge in [-0.25, -0.2) is 0 Å². The third kappa shape index (κ3) is 3.57. The molecule has 0 atom stereocenters. The molecule has 2 aromatic rings. The molecule has 0 saturated heterocycles. The van der Waals surface area contributed by atoms with Crippen LogP contribution in [0.25, 0.3) is 0 Å². The van der Waals surface area contributed by atoms with Crippen molar-refractivity contribution in [1.82, 2.24) is 0 Å². The third-order valence-corrected chi connectivity index (χ3v) is 3.85. The number of ketones is 1. The number of pyridine rings is 1.